The molecule has 0 saturated carbocycles. The van der Waals surface area contributed by atoms with Crippen molar-refractivity contribution in [2.24, 2.45) is 0 Å². The van der Waals surface area contributed by atoms with E-state index in [9.17, 15) is 0 Å². The average Bonchev–Trinajstić information content (AvgIpc) is 2.45. The van der Waals surface area contributed by atoms with Crippen LogP contribution in [0.25, 0.3) is 0 Å². The molecule has 0 aliphatic heterocycles. The normalized spacial score (nSPS) is 10.4. The van der Waals surface area contributed by atoms with E-state index in [1.807, 2.05) is 30.5 Å². The summed E-state index contributed by atoms with van der Waals surface area (Å²) in [6.45, 7) is 3.66. The van der Waals surface area contributed by atoms with Crippen molar-refractivity contribution in [2.45, 2.75) is 13.1 Å². The predicted octanol–water partition coefficient (Wildman–Crippen LogP) is 1.96. The van der Waals surface area contributed by atoms with Crippen LogP contribution in [0.3, 0.4) is 0 Å². The lowest BCUT2D eigenvalue weighted by molar-refractivity contribution is 0.606. The van der Waals surface area contributed by atoms with Crippen LogP contribution in [0.15, 0.2) is 54.7 Å². The Bertz CT molecular complexity index is 385. The van der Waals surface area contributed by atoms with E-state index in [-0.39, 0.29) is 0 Å². The summed E-state index contributed by atoms with van der Waals surface area (Å²) in [7, 11) is 0. The molecule has 0 aliphatic carbocycles. The molecule has 3 nitrogen and oxygen atoms in total. The molecular formula is C15H19N3. The number of pyridine rings is 1. The molecule has 3 heteroatoms. The van der Waals surface area contributed by atoms with Crippen LogP contribution in [0.5, 0.6) is 0 Å². The van der Waals surface area contributed by atoms with Crippen molar-refractivity contribution in [3.8, 4) is 0 Å². The van der Waals surface area contributed by atoms with E-state index in [0.717, 1.165) is 31.9 Å². The summed E-state index contributed by atoms with van der Waals surface area (Å²) in [5, 5.41) is 6.77. The SMILES string of the molecule is c1ccc(CNCCNCc2ccccn2)cc1. The smallest absolute Gasteiger partial charge is 0.0541 e. The van der Waals surface area contributed by atoms with E-state index in [0.29, 0.717) is 0 Å². The Hall–Kier alpha value is -1.71. The molecule has 0 aliphatic rings. The molecule has 0 saturated heterocycles. The molecular weight excluding hydrogens is 222 g/mol. The first-order valence-corrected chi connectivity index (χ1v) is 6.30. The summed E-state index contributed by atoms with van der Waals surface area (Å²) in [6, 6.07) is 16.4. The lowest BCUT2D eigenvalue weighted by Gasteiger charge is -2.06. The minimum Gasteiger partial charge on any atom is -0.311 e. The van der Waals surface area contributed by atoms with Crippen molar-refractivity contribution in [2.75, 3.05) is 13.1 Å². The fourth-order valence-electron chi connectivity index (χ4n) is 1.72. The molecule has 2 aromatic rings. The fourth-order valence-corrected chi connectivity index (χ4v) is 1.72. The summed E-state index contributed by atoms with van der Waals surface area (Å²) < 4.78 is 0. The largest absolute Gasteiger partial charge is 0.311 e. The van der Waals surface area contributed by atoms with Crippen molar-refractivity contribution in [3.05, 3.63) is 66.0 Å². The van der Waals surface area contributed by atoms with Crippen molar-refractivity contribution >= 4 is 0 Å². The van der Waals surface area contributed by atoms with Gasteiger partial charge in [0.25, 0.3) is 0 Å². The Labute approximate surface area is 108 Å². The number of nitrogens with zero attached hydrogens (tertiary/aromatic N) is 1. The van der Waals surface area contributed by atoms with Crippen LogP contribution < -0.4 is 10.6 Å². The molecule has 0 fully saturated rings. The van der Waals surface area contributed by atoms with Crippen molar-refractivity contribution < 1.29 is 0 Å². The minimum atomic E-state index is 0.827. The van der Waals surface area contributed by atoms with Crippen LogP contribution in [0.2, 0.25) is 0 Å². The molecule has 0 atom stereocenters. The van der Waals surface area contributed by atoms with Crippen LogP contribution in [-0.4, -0.2) is 18.1 Å². The highest BCUT2D eigenvalue weighted by atomic mass is 14.9. The number of rotatable bonds is 7. The average molecular weight is 241 g/mol. The third-order valence-corrected chi connectivity index (χ3v) is 2.68. The Balaban J connectivity index is 1.54. The van der Waals surface area contributed by atoms with E-state index < -0.39 is 0 Å². The molecule has 18 heavy (non-hydrogen) atoms. The highest BCUT2D eigenvalue weighted by Crippen LogP contribution is 1.96. The van der Waals surface area contributed by atoms with Gasteiger partial charge in [-0.3, -0.25) is 4.98 Å². The summed E-state index contributed by atoms with van der Waals surface area (Å²) in [6.07, 6.45) is 1.82. The van der Waals surface area contributed by atoms with Gasteiger partial charge in [-0.05, 0) is 17.7 Å². The zero-order valence-corrected chi connectivity index (χ0v) is 10.5. The molecule has 0 amide bonds. The Morgan fingerprint density at radius 3 is 2.22 bits per heavy atom. The van der Waals surface area contributed by atoms with Gasteiger partial charge in [0.15, 0.2) is 0 Å². The van der Waals surface area contributed by atoms with Crippen LogP contribution in [0, 0.1) is 0 Å². The second-order valence-electron chi connectivity index (χ2n) is 4.16. The summed E-state index contributed by atoms with van der Waals surface area (Å²) in [4.78, 5) is 4.26. The van der Waals surface area contributed by atoms with E-state index in [2.05, 4.69) is 39.9 Å². The standard InChI is InChI=1S/C15H19N3/c1-2-6-14(7-3-1)12-16-10-11-17-13-15-8-4-5-9-18-15/h1-9,16-17H,10-13H2. The maximum Gasteiger partial charge on any atom is 0.0541 e. The third kappa shape index (κ3) is 4.65. The molecule has 0 spiro atoms. The van der Waals surface area contributed by atoms with Gasteiger partial charge in [0.1, 0.15) is 0 Å². The molecule has 1 heterocycles. The van der Waals surface area contributed by atoms with Gasteiger partial charge < -0.3 is 10.6 Å². The third-order valence-electron chi connectivity index (χ3n) is 2.68. The quantitative estimate of drug-likeness (QED) is 0.728. The Morgan fingerprint density at radius 1 is 0.778 bits per heavy atom. The van der Waals surface area contributed by atoms with Gasteiger partial charge in [-0.2, -0.15) is 0 Å². The number of aromatic nitrogens is 1. The first-order valence-electron chi connectivity index (χ1n) is 6.30. The van der Waals surface area contributed by atoms with Gasteiger partial charge >= 0.3 is 0 Å². The highest BCUT2D eigenvalue weighted by molar-refractivity contribution is 5.14. The molecule has 1 aromatic carbocycles. The van der Waals surface area contributed by atoms with Gasteiger partial charge in [0, 0.05) is 32.4 Å². The topological polar surface area (TPSA) is 37.0 Å². The van der Waals surface area contributed by atoms with Gasteiger partial charge in [0.2, 0.25) is 0 Å². The molecule has 94 valence electrons. The number of benzene rings is 1. The summed E-state index contributed by atoms with van der Waals surface area (Å²) in [5.41, 5.74) is 2.41. The van der Waals surface area contributed by atoms with E-state index in [4.69, 9.17) is 0 Å². The van der Waals surface area contributed by atoms with Gasteiger partial charge in [-0.1, -0.05) is 36.4 Å². The summed E-state index contributed by atoms with van der Waals surface area (Å²) in [5.74, 6) is 0. The van der Waals surface area contributed by atoms with Crippen LogP contribution in [-0.2, 0) is 13.1 Å². The number of nitrogens with one attached hydrogen (secondary N) is 2. The molecule has 0 radical (unpaired) electrons. The lowest BCUT2D eigenvalue weighted by Crippen LogP contribution is -2.26. The Kier molecular flexibility index (Phi) is 5.37. The minimum absolute atomic E-state index is 0.827. The highest BCUT2D eigenvalue weighted by Gasteiger charge is 1.93. The lowest BCUT2D eigenvalue weighted by atomic mass is 10.2. The van der Waals surface area contributed by atoms with Crippen molar-refractivity contribution in [3.63, 3.8) is 0 Å². The van der Waals surface area contributed by atoms with E-state index in [1.54, 1.807) is 0 Å². The van der Waals surface area contributed by atoms with Crippen LogP contribution >= 0.6 is 0 Å². The van der Waals surface area contributed by atoms with E-state index in [1.165, 1.54) is 5.56 Å². The molecule has 0 unspecified atom stereocenters. The predicted molar refractivity (Wildman–Crippen MR) is 74.1 cm³/mol. The maximum atomic E-state index is 4.26. The maximum absolute atomic E-state index is 4.26. The molecule has 2 rings (SSSR count). The zero-order chi connectivity index (χ0) is 12.5. The first kappa shape index (κ1) is 12.7. The molecule has 1 aromatic heterocycles. The first-order chi connectivity index (χ1) is 8.95. The van der Waals surface area contributed by atoms with Gasteiger partial charge in [0.05, 0.1) is 5.69 Å². The van der Waals surface area contributed by atoms with Gasteiger partial charge in [-0.15, -0.1) is 0 Å². The fraction of sp³-hybridized carbons (Fsp3) is 0.267. The number of hydrogen-bond donors (Lipinski definition) is 2. The van der Waals surface area contributed by atoms with Crippen molar-refractivity contribution in [1.29, 1.82) is 0 Å². The van der Waals surface area contributed by atoms with Crippen molar-refractivity contribution in [1.82, 2.24) is 15.6 Å². The van der Waals surface area contributed by atoms with Crippen LogP contribution in [0.4, 0.5) is 0 Å². The van der Waals surface area contributed by atoms with E-state index >= 15 is 0 Å². The van der Waals surface area contributed by atoms with Gasteiger partial charge in [-0.25, -0.2) is 0 Å². The summed E-state index contributed by atoms with van der Waals surface area (Å²) >= 11 is 0. The Morgan fingerprint density at radius 2 is 1.50 bits per heavy atom. The second-order valence-corrected chi connectivity index (χ2v) is 4.16. The van der Waals surface area contributed by atoms with Crippen LogP contribution in [0.1, 0.15) is 11.3 Å². The molecule has 2 N–H and O–H groups in total. The molecule has 0 bridgehead atoms. The number of hydrogen-bond acceptors (Lipinski definition) is 3. The second kappa shape index (κ2) is 7.58. The zero-order valence-electron chi connectivity index (χ0n) is 10.5. The monoisotopic (exact) mass is 241 g/mol.